The third-order valence-corrected chi connectivity index (χ3v) is 5.02. The lowest BCUT2D eigenvalue weighted by Crippen LogP contribution is -2.33. The van der Waals surface area contributed by atoms with E-state index in [4.69, 9.17) is 0 Å². The lowest BCUT2D eigenvalue weighted by atomic mass is 9.99. The van der Waals surface area contributed by atoms with E-state index in [0.29, 0.717) is 12.2 Å². The second kappa shape index (κ2) is 8.58. The number of hydrogen-bond donors (Lipinski definition) is 1. The van der Waals surface area contributed by atoms with Crippen molar-refractivity contribution in [3.8, 4) is 11.4 Å². The number of carbonyl (C=O) groups is 1. The standard InChI is InChI=1S/C21H19N5OS/c27-20(14-26-24-21(23-25-26)18-11-12-28-15-18)22-19(17-9-5-2-6-10-17)13-16-7-3-1-4-8-16/h1-12,15,19H,13-14H2,(H,22,27). The Morgan fingerprint density at radius 3 is 2.50 bits per heavy atom. The van der Waals surface area contributed by atoms with Gasteiger partial charge in [0.15, 0.2) is 0 Å². The molecule has 0 fully saturated rings. The second-order valence-electron chi connectivity index (χ2n) is 6.38. The molecule has 2 aromatic heterocycles. The molecule has 140 valence electrons. The van der Waals surface area contributed by atoms with Gasteiger partial charge in [0.1, 0.15) is 6.54 Å². The largest absolute Gasteiger partial charge is 0.347 e. The molecule has 0 spiro atoms. The van der Waals surface area contributed by atoms with Crippen molar-refractivity contribution in [2.75, 3.05) is 0 Å². The van der Waals surface area contributed by atoms with Crippen molar-refractivity contribution in [2.24, 2.45) is 0 Å². The number of benzene rings is 2. The van der Waals surface area contributed by atoms with E-state index in [2.05, 4.69) is 32.9 Å². The first-order chi connectivity index (χ1) is 13.8. The highest BCUT2D eigenvalue weighted by Gasteiger charge is 2.17. The first-order valence-corrected chi connectivity index (χ1v) is 9.91. The van der Waals surface area contributed by atoms with Crippen molar-refractivity contribution in [3.63, 3.8) is 0 Å². The zero-order valence-electron chi connectivity index (χ0n) is 15.1. The fourth-order valence-electron chi connectivity index (χ4n) is 2.97. The highest BCUT2D eigenvalue weighted by molar-refractivity contribution is 7.08. The van der Waals surface area contributed by atoms with Crippen molar-refractivity contribution >= 4 is 17.2 Å². The molecular weight excluding hydrogens is 370 g/mol. The molecule has 1 atom stereocenters. The van der Waals surface area contributed by atoms with Crippen LogP contribution in [0.25, 0.3) is 11.4 Å². The Kier molecular flexibility index (Phi) is 5.53. The number of carbonyl (C=O) groups excluding carboxylic acids is 1. The van der Waals surface area contributed by atoms with Crippen LogP contribution in [-0.4, -0.2) is 26.1 Å². The molecule has 1 amide bonds. The summed E-state index contributed by atoms with van der Waals surface area (Å²) < 4.78 is 0. The minimum Gasteiger partial charge on any atom is -0.347 e. The van der Waals surface area contributed by atoms with E-state index in [9.17, 15) is 4.79 Å². The molecule has 0 bridgehead atoms. The number of rotatable bonds is 7. The smallest absolute Gasteiger partial charge is 0.244 e. The highest BCUT2D eigenvalue weighted by Crippen LogP contribution is 2.19. The Morgan fingerprint density at radius 1 is 1.04 bits per heavy atom. The fourth-order valence-corrected chi connectivity index (χ4v) is 3.61. The van der Waals surface area contributed by atoms with E-state index in [-0.39, 0.29) is 18.5 Å². The fraction of sp³-hybridized carbons (Fsp3) is 0.143. The average Bonchev–Trinajstić information content (AvgIpc) is 3.41. The predicted molar refractivity (Wildman–Crippen MR) is 109 cm³/mol. The van der Waals surface area contributed by atoms with Gasteiger partial charge in [0, 0.05) is 10.9 Å². The summed E-state index contributed by atoms with van der Waals surface area (Å²) in [5.74, 6) is 0.372. The molecule has 1 N–H and O–H groups in total. The topological polar surface area (TPSA) is 72.7 Å². The van der Waals surface area contributed by atoms with Crippen molar-refractivity contribution in [2.45, 2.75) is 19.0 Å². The summed E-state index contributed by atoms with van der Waals surface area (Å²) in [6.45, 7) is 0.0231. The van der Waals surface area contributed by atoms with Gasteiger partial charge in [-0.3, -0.25) is 4.79 Å². The number of aromatic nitrogens is 4. The molecule has 0 aliphatic carbocycles. The first kappa shape index (κ1) is 18.1. The molecule has 4 aromatic rings. The molecule has 6 nitrogen and oxygen atoms in total. The van der Waals surface area contributed by atoms with Crippen LogP contribution in [0.1, 0.15) is 17.2 Å². The van der Waals surface area contributed by atoms with Crippen molar-refractivity contribution in [1.29, 1.82) is 0 Å². The maximum Gasteiger partial charge on any atom is 0.244 e. The van der Waals surface area contributed by atoms with Gasteiger partial charge < -0.3 is 5.32 Å². The summed E-state index contributed by atoms with van der Waals surface area (Å²) in [6.07, 6.45) is 0.710. The minimum absolute atomic E-state index is 0.0231. The van der Waals surface area contributed by atoms with Gasteiger partial charge in [-0.1, -0.05) is 60.7 Å². The first-order valence-electron chi connectivity index (χ1n) is 8.96. The Morgan fingerprint density at radius 2 is 1.79 bits per heavy atom. The number of thiophene rings is 1. The summed E-state index contributed by atoms with van der Waals surface area (Å²) in [6, 6.07) is 21.9. The van der Waals surface area contributed by atoms with Gasteiger partial charge in [0.25, 0.3) is 0 Å². The van der Waals surface area contributed by atoms with Gasteiger partial charge in [0.05, 0.1) is 6.04 Å². The van der Waals surface area contributed by atoms with Crippen LogP contribution in [0, 0.1) is 0 Å². The molecular formula is C21H19N5OS. The molecule has 0 saturated carbocycles. The van der Waals surface area contributed by atoms with Crippen LogP contribution in [0.5, 0.6) is 0 Å². The van der Waals surface area contributed by atoms with Crippen molar-refractivity contribution < 1.29 is 4.79 Å². The predicted octanol–water partition coefficient (Wildman–Crippen LogP) is 3.50. The monoisotopic (exact) mass is 389 g/mol. The Hall–Kier alpha value is -3.32. The second-order valence-corrected chi connectivity index (χ2v) is 7.16. The van der Waals surface area contributed by atoms with E-state index in [0.717, 1.165) is 16.7 Å². The van der Waals surface area contributed by atoms with Crippen LogP contribution in [-0.2, 0) is 17.8 Å². The van der Waals surface area contributed by atoms with E-state index in [1.807, 2.05) is 65.4 Å². The van der Waals surface area contributed by atoms with E-state index in [1.165, 1.54) is 4.80 Å². The molecule has 0 aliphatic heterocycles. The zero-order valence-corrected chi connectivity index (χ0v) is 15.9. The summed E-state index contributed by atoms with van der Waals surface area (Å²) >= 11 is 1.57. The molecule has 7 heteroatoms. The quantitative estimate of drug-likeness (QED) is 0.525. The van der Waals surface area contributed by atoms with Gasteiger partial charge in [-0.25, -0.2) is 0 Å². The summed E-state index contributed by atoms with van der Waals surface area (Å²) in [4.78, 5) is 14.0. The molecule has 0 saturated heterocycles. The summed E-state index contributed by atoms with van der Waals surface area (Å²) in [5.41, 5.74) is 3.13. The Bertz CT molecular complexity index is 1020. The van der Waals surface area contributed by atoms with Crippen LogP contribution < -0.4 is 5.32 Å². The SMILES string of the molecule is O=C(Cn1nnc(-c2ccsc2)n1)NC(Cc1ccccc1)c1ccccc1. The molecule has 0 aliphatic rings. The van der Waals surface area contributed by atoms with Crippen LogP contribution in [0.15, 0.2) is 77.5 Å². The van der Waals surface area contributed by atoms with Crippen molar-refractivity contribution in [3.05, 3.63) is 88.6 Å². The van der Waals surface area contributed by atoms with Crippen LogP contribution in [0.2, 0.25) is 0 Å². The molecule has 4 rings (SSSR count). The van der Waals surface area contributed by atoms with E-state index >= 15 is 0 Å². The number of hydrogen-bond acceptors (Lipinski definition) is 5. The zero-order chi connectivity index (χ0) is 19.2. The van der Waals surface area contributed by atoms with E-state index < -0.39 is 0 Å². The third-order valence-electron chi connectivity index (χ3n) is 4.34. The summed E-state index contributed by atoms with van der Waals surface area (Å²) in [5, 5.41) is 19.3. The molecule has 2 heterocycles. The number of tetrazole rings is 1. The molecule has 1 unspecified atom stereocenters. The molecule has 28 heavy (non-hydrogen) atoms. The third kappa shape index (κ3) is 4.50. The molecule has 0 radical (unpaired) electrons. The van der Waals surface area contributed by atoms with Gasteiger partial charge in [-0.2, -0.15) is 16.1 Å². The maximum atomic E-state index is 12.6. The summed E-state index contributed by atoms with van der Waals surface area (Å²) in [7, 11) is 0. The van der Waals surface area contributed by atoms with Crippen LogP contribution in [0.4, 0.5) is 0 Å². The lowest BCUT2D eigenvalue weighted by Gasteiger charge is -2.19. The lowest BCUT2D eigenvalue weighted by molar-refractivity contribution is -0.122. The Balaban J connectivity index is 1.46. The van der Waals surface area contributed by atoms with Crippen LogP contribution >= 0.6 is 11.3 Å². The minimum atomic E-state index is -0.154. The number of nitrogens with one attached hydrogen (secondary N) is 1. The van der Waals surface area contributed by atoms with Gasteiger partial charge in [-0.15, -0.1) is 10.2 Å². The van der Waals surface area contributed by atoms with Crippen LogP contribution in [0.3, 0.4) is 0 Å². The number of nitrogens with zero attached hydrogens (tertiary/aromatic N) is 4. The van der Waals surface area contributed by atoms with Crippen molar-refractivity contribution in [1.82, 2.24) is 25.5 Å². The highest BCUT2D eigenvalue weighted by atomic mass is 32.1. The maximum absolute atomic E-state index is 12.6. The van der Waals surface area contributed by atoms with Gasteiger partial charge in [0.2, 0.25) is 11.7 Å². The van der Waals surface area contributed by atoms with Gasteiger partial charge in [-0.05, 0) is 34.2 Å². The molecule has 2 aromatic carbocycles. The normalized spacial score (nSPS) is 11.9. The average molecular weight is 389 g/mol. The van der Waals surface area contributed by atoms with E-state index in [1.54, 1.807) is 11.3 Å². The number of amides is 1. The Labute approximate surface area is 166 Å². The van der Waals surface area contributed by atoms with Gasteiger partial charge >= 0.3 is 0 Å².